The van der Waals surface area contributed by atoms with Gasteiger partial charge in [-0.25, -0.2) is 0 Å². The van der Waals surface area contributed by atoms with E-state index in [4.69, 9.17) is 15.6 Å². The molecule has 4 N–H and O–H groups in total. The number of carbonyl (C=O) groups is 1. The highest BCUT2D eigenvalue weighted by molar-refractivity contribution is 5.97. The maximum absolute atomic E-state index is 11.6. The molecule has 0 radical (unpaired) electrons. The van der Waals surface area contributed by atoms with Gasteiger partial charge in [0.15, 0.2) is 0 Å². The fourth-order valence-electron chi connectivity index (χ4n) is 1.26. The van der Waals surface area contributed by atoms with E-state index in [1.165, 1.54) is 0 Å². The van der Waals surface area contributed by atoms with Crippen LogP contribution >= 0.6 is 0 Å². The van der Waals surface area contributed by atoms with Gasteiger partial charge < -0.3 is 20.9 Å². The van der Waals surface area contributed by atoms with Gasteiger partial charge in [-0.05, 0) is 19.1 Å². The number of anilines is 1. The van der Waals surface area contributed by atoms with Gasteiger partial charge in [0.25, 0.3) is 5.91 Å². The highest BCUT2D eigenvalue weighted by atomic mass is 16.5. The summed E-state index contributed by atoms with van der Waals surface area (Å²) in [6.45, 7) is 2.41. The summed E-state index contributed by atoms with van der Waals surface area (Å²) in [6, 6.07) is 4.81. The van der Waals surface area contributed by atoms with Gasteiger partial charge in [-0.2, -0.15) is 0 Å². The Balaban J connectivity index is 2.92. The lowest BCUT2D eigenvalue weighted by atomic mass is 10.1. The first-order valence-corrected chi connectivity index (χ1v) is 5.10. The summed E-state index contributed by atoms with van der Waals surface area (Å²) in [5.41, 5.74) is 6.53. The fraction of sp³-hybridized carbons (Fsp3) is 0.364. The summed E-state index contributed by atoms with van der Waals surface area (Å²) < 4.78 is 5.24. The number of aliphatic hydroxyl groups is 1. The van der Waals surface area contributed by atoms with Gasteiger partial charge >= 0.3 is 0 Å². The first-order valence-electron chi connectivity index (χ1n) is 5.10. The van der Waals surface area contributed by atoms with Crippen molar-refractivity contribution >= 4 is 11.6 Å². The molecule has 1 aromatic rings. The SMILES string of the molecule is CCNC(=O)c1ccc(N)cc1OCCO. The number of ether oxygens (including phenoxy) is 1. The predicted molar refractivity (Wildman–Crippen MR) is 61.4 cm³/mol. The minimum atomic E-state index is -0.213. The topological polar surface area (TPSA) is 84.6 Å². The van der Waals surface area contributed by atoms with Crippen LogP contribution in [0.2, 0.25) is 0 Å². The van der Waals surface area contributed by atoms with Crippen molar-refractivity contribution in [3.63, 3.8) is 0 Å². The zero-order chi connectivity index (χ0) is 12.0. The highest BCUT2D eigenvalue weighted by Gasteiger charge is 2.11. The van der Waals surface area contributed by atoms with Gasteiger partial charge in [-0.1, -0.05) is 0 Å². The Morgan fingerprint density at radius 2 is 2.31 bits per heavy atom. The second kappa shape index (κ2) is 5.97. The molecule has 0 aliphatic heterocycles. The molecule has 0 spiro atoms. The summed E-state index contributed by atoms with van der Waals surface area (Å²) in [5, 5.41) is 11.3. The van der Waals surface area contributed by atoms with Crippen LogP contribution in [0, 0.1) is 0 Å². The van der Waals surface area contributed by atoms with Crippen LogP contribution in [0.3, 0.4) is 0 Å². The Kier molecular flexibility index (Phi) is 4.60. The maximum Gasteiger partial charge on any atom is 0.255 e. The molecule has 0 aromatic heterocycles. The van der Waals surface area contributed by atoms with Crippen LogP contribution in [-0.4, -0.2) is 30.8 Å². The molecule has 0 saturated carbocycles. The number of benzene rings is 1. The largest absolute Gasteiger partial charge is 0.490 e. The molecule has 0 atom stereocenters. The number of hydrogen-bond donors (Lipinski definition) is 3. The Morgan fingerprint density at radius 1 is 1.56 bits per heavy atom. The minimum Gasteiger partial charge on any atom is -0.490 e. The van der Waals surface area contributed by atoms with Crippen molar-refractivity contribution in [1.29, 1.82) is 0 Å². The number of carbonyl (C=O) groups excluding carboxylic acids is 1. The monoisotopic (exact) mass is 224 g/mol. The van der Waals surface area contributed by atoms with Crippen molar-refractivity contribution in [3.8, 4) is 5.75 Å². The van der Waals surface area contributed by atoms with Crippen LogP contribution in [0.1, 0.15) is 17.3 Å². The van der Waals surface area contributed by atoms with Crippen molar-refractivity contribution in [2.45, 2.75) is 6.92 Å². The molecule has 1 amide bonds. The molecule has 16 heavy (non-hydrogen) atoms. The normalized spacial score (nSPS) is 9.88. The lowest BCUT2D eigenvalue weighted by molar-refractivity contribution is 0.0950. The minimum absolute atomic E-state index is 0.108. The Hall–Kier alpha value is -1.75. The molecule has 5 nitrogen and oxygen atoms in total. The van der Waals surface area contributed by atoms with Gasteiger partial charge in [0.05, 0.1) is 12.2 Å². The summed E-state index contributed by atoms with van der Waals surface area (Å²) in [4.78, 5) is 11.6. The average molecular weight is 224 g/mol. The molecule has 0 aliphatic carbocycles. The quantitative estimate of drug-likeness (QED) is 0.632. The summed E-state index contributed by atoms with van der Waals surface area (Å²) in [6.07, 6.45) is 0. The zero-order valence-electron chi connectivity index (χ0n) is 9.19. The molecule has 0 unspecified atom stereocenters. The Labute approximate surface area is 94.2 Å². The first-order chi connectivity index (χ1) is 7.69. The Morgan fingerprint density at radius 3 is 2.94 bits per heavy atom. The van der Waals surface area contributed by atoms with Crippen LogP contribution < -0.4 is 15.8 Å². The smallest absolute Gasteiger partial charge is 0.255 e. The van der Waals surface area contributed by atoms with E-state index in [0.717, 1.165) is 0 Å². The molecule has 0 saturated heterocycles. The van der Waals surface area contributed by atoms with E-state index >= 15 is 0 Å². The molecule has 88 valence electrons. The van der Waals surface area contributed by atoms with Crippen LogP contribution in [0.5, 0.6) is 5.75 Å². The van der Waals surface area contributed by atoms with Gasteiger partial charge in [0.1, 0.15) is 12.4 Å². The van der Waals surface area contributed by atoms with Crippen molar-refractivity contribution < 1.29 is 14.6 Å². The van der Waals surface area contributed by atoms with Gasteiger partial charge in [0.2, 0.25) is 0 Å². The second-order valence-corrected chi connectivity index (χ2v) is 3.19. The van der Waals surface area contributed by atoms with E-state index in [2.05, 4.69) is 5.32 Å². The van der Waals surface area contributed by atoms with Gasteiger partial charge in [-0.3, -0.25) is 4.79 Å². The first kappa shape index (κ1) is 12.3. The van der Waals surface area contributed by atoms with E-state index in [0.29, 0.717) is 23.5 Å². The molecule has 1 rings (SSSR count). The van der Waals surface area contributed by atoms with E-state index in [-0.39, 0.29) is 19.1 Å². The predicted octanol–water partition coefficient (Wildman–Crippen LogP) is 0.390. The number of nitrogens with two attached hydrogens (primary N) is 1. The van der Waals surface area contributed by atoms with Crippen LogP contribution in [0.25, 0.3) is 0 Å². The third-order valence-electron chi connectivity index (χ3n) is 1.94. The number of aliphatic hydroxyl groups excluding tert-OH is 1. The van der Waals surface area contributed by atoms with Gasteiger partial charge in [-0.15, -0.1) is 0 Å². The number of rotatable bonds is 5. The lowest BCUT2D eigenvalue weighted by Crippen LogP contribution is -2.23. The molecule has 0 fully saturated rings. The number of nitrogen functional groups attached to an aromatic ring is 1. The zero-order valence-corrected chi connectivity index (χ0v) is 9.19. The molecule has 1 aromatic carbocycles. The van der Waals surface area contributed by atoms with Crippen LogP contribution in [0.15, 0.2) is 18.2 Å². The molecule has 0 bridgehead atoms. The molecule has 0 heterocycles. The van der Waals surface area contributed by atoms with Crippen molar-refractivity contribution in [1.82, 2.24) is 5.32 Å². The summed E-state index contributed by atoms with van der Waals surface area (Å²) >= 11 is 0. The van der Waals surface area contributed by atoms with E-state index in [1.54, 1.807) is 18.2 Å². The van der Waals surface area contributed by atoms with Crippen LogP contribution in [0.4, 0.5) is 5.69 Å². The number of amides is 1. The molecule has 0 aliphatic rings. The van der Waals surface area contributed by atoms with Crippen molar-refractivity contribution in [2.24, 2.45) is 0 Å². The van der Waals surface area contributed by atoms with Gasteiger partial charge in [0, 0.05) is 18.3 Å². The maximum atomic E-state index is 11.6. The third kappa shape index (κ3) is 3.13. The van der Waals surface area contributed by atoms with Crippen LogP contribution in [-0.2, 0) is 0 Å². The second-order valence-electron chi connectivity index (χ2n) is 3.19. The standard InChI is InChI=1S/C11H16N2O3/c1-2-13-11(15)9-4-3-8(12)7-10(9)16-6-5-14/h3-4,7,14H,2,5-6,12H2,1H3,(H,13,15). The fourth-order valence-corrected chi connectivity index (χ4v) is 1.26. The third-order valence-corrected chi connectivity index (χ3v) is 1.94. The molecular weight excluding hydrogens is 208 g/mol. The summed E-state index contributed by atoms with van der Waals surface area (Å²) in [5.74, 6) is 0.176. The van der Waals surface area contributed by atoms with E-state index in [1.807, 2.05) is 6.92 Å². The average Bonchev–Trinajstić information content (AvgIpc) is 2.26. The van der Waals surface area contributed by atoms with Crippen molar-refractivity contribution in [2.75, 3.05) is 25.5 Å². The van der Waals surface area contributed by atoms with E-state index in [9.17, 15) is 4.79 Å². The van der Waals surface area contributed by atoms with E-state index < -0.39 is 0 Å². The summed E-state index contributed by atoms with van der Waals surface area (Å²) in [7, 11) is 0. The molecular formula is C11H16N2O3. The Bertz CT molecular complexity index is 366. The highest BCUT2D eigenvalue weighted by Crippen LogP contribution is 2.21. The molecule has 5 heteroatoms. The van der Waals surface area contributed by atoms with Crippen molar-refractivity contribution in [3.05, 3.63) is 23.8 Å². The lowest BCUT2D eigenvalue weighted by Gasteiger charge is -2.11. The number of hydrogen-bond acceptors (Lipinski definition) is 4. The number of nitrogens with one attached hydrogen (secondary N) is 1.